The van der Waals surface area contributed by atoms with Crippen molar-refractivity contribution in [1.82, 2.24) is 20.2 Å². The van der Waals surface area contributed by atoms with Gasteiger partial charge in [-0.25, -0.2) is 9.07 Å². The minimum atomic E-state index is -0.553. The average molecular weight is 355 g/mol. The van der Waals surface area contributed by atoms with Gasteiger partial charge in [-0.3, -0.25) is 4.79 Å². The molecule has 3 rings (SSSR count). The molecule has 0 saturated carbocycles. The summed E-state index contributed by atoms with van der Waals surface area (Å²) < 4.78 is 21.1. The first-order chi connectivity index (χ1) is 12.5. The lowest BCUT2D eigenvalue weighted by atomic mass is 10.2. The third kappa shape index (κ3) is 4.21. The summed E-state index contributed by atoms with van der Waals surface area (Å²) in [4.78, 5) is 12.5. The van der Waals surface area contributed by atoms with Crippen LogP contribution in [0, 0.1) is 11.7 Å². The highest BCUT2D eigenvalue weighted by Gasteiger charge is 2.12. The summed E-state index contributed by atoms with van der Waals surface area (Å²) in [6, 6.07) is 11.0. The van der Waals surface area contributed by atoms with Crippen molar-refractivity contribution in [3.8, 4) is 11.4 Å². The van der Waals surface area contributed by atoms with E-state index >= 15 is 0 Å². The monoisotopic (exact) mass is 355 g/mol. The number of nitrogens with one attached hydrogen (secondary N) is 1. The minimum absolute atomic E-state index is 0.0384. The van der Waals surface area contributed by atoms with Crippen LogP contribution in [0.3, 0.4) is 0 Å². The molecule has 1 heterocycles. The van der Waals surface area contributed by atoms with Gasteiger partial charge in [0.05, 0.1) is 18.0 Å². The van der Waals surface area contributed by atoms with Crippen molar-refractivity contribution in [3.63, 3.8) is 0 Å². The van der Waals surface area contributed by atoms with Crippen molar-refractivity contribution < 1.29 is 13.9 Å². The molecule has 0 unspecified atom stereocenters. The molecule has 2 aromatic carbocycles. The number of nitrogens with zero attached hydrogens (tertiary/aromatic N) is 4. The summed E-state index contributed by atoms with van der Waals surface area (Å²) >= 11 is 0. The van der Waals surface area contributed by atoms with Crippen LogP contribution in [0.2, 0.25) is 0 Å². The van der Waals surface area contributed by atoms with Crippen molar-refractivity contribution in [1.29, 1.82) is 0 Å². The standard InChI is InChI=1S/C18H18FN5O2/c1-12(2)10-26-15-5-3-4-13(8-15)18(25)21-17-9-14(6-7-16(17)19)24-11-20-22-23-24/h3-9,11-12H,10H2,1-2H3,(H,21,25). The number of carbonyl (C=O) groups is 1. The quantitative estimate of drug-likeness (QED) is 0.735. The van der Waals surface area contributed by atoms with Gasteiger partial charge in [-0.15, -0.1) is 5.10 Å². The summed E-state index contributed by atoms with van der Waals surface area (Å²) in [6.45, 7) is 4.63. The maximum absolute atomic E-state index is 14.1. The molecule has 0 aliphatic carbocycles. The summed E-state index contributed by atoms with van der Waals surface area (Å²) in [5.41, 5.74) is 0.940. The van der Waals surface area contributed by atoms with Crippen molar-refractivity contribution >= 4 is 11.6 Å². The van der Waals surface area contributed by atoms with E-state index in [2.05, 4.69) is 20.8 Å². The van der Waals surface area contributed by atoms with Crippen molar-refractivity contribution in [2.45, 2.75) is 13.8 Å². The van der Waals surface area contributed by atoms with E-state index in [-0.39, 0.29) is 5.69 Å². The molecule has 1 aromatic heterocycles. The fourth-order valence-corrected chi connectivity index (χ4v) is 2.22. The summed E-state index contributed by atoms with van der Waals surface area (Å²) in [6.07, 6.45) is 1.38. The van der Waals surface area contributed by atoms with Gasteiger partial charge in [0, 0.05) is 5.56 Å². The largest absolute Gasteiger partial charge is 0.493 e. The molecule has 0 spiro atoms. The third-order valence-corrected chi connectivity index (χ3v) is 3.49. The number of rotatable bonds is 6. The Morgan fingerprint density at radius 1 is 1.27 bits per heavy atom. The second kappa shape index (κ2) is 7.73. The van der Waals surface area contributed by atoms with Crippen LogP contribution in [0.25, 0.3) is 5.69 Å². The Bertz CT molecular complexity index is 896. The number of aromatic nitrogens is 4. The maximum Gasteiger partial charge on any atom is 0.255 e. The number of amides is 1. The van der Waals surface area contributed by atoms with Gasteiger partial charge in [0.15, 0.2) is 0 Å². The molecule has 0 aliphatic heterocycles. The fraction of sp³-hybridized carbons (Fsp3) is 0.222. The second-order valence-corrected chi connectivity index (χ2v) is 6.11. The van der Waals surface area contributed by atoms with Gasteiger partial charge in [-0.2, -0.15) is 0 Å². The highest BCUT2D eigenvalue weighted by molar-refractivity contribution is 6.04. The molecule has 0 radical (unpaired) electrons. The van der Waals surface area contributed by atoms with Gasteiger partial charge >= 0.3 is 0 Å². The van der Waals surface area contributed by atoms with Crippen LogP contribution in [0.1, 0.15) is 24.2 Å². The highest BCUT2D eigenvalue weighted by atomic mass is 19.1. The third-order valence-electron chi connectivity index (χ3n) is 3.49. The first kappa shape index (κ1) is 17.5. The zero-order valence-electron chi connectivity index (χ0n) is 14.4. The fourth-order valence-electron chi connectivity index (χ4n) is 2.22. The molecule has 134 valence electrons. The van der Waals surface area contributed by atoms with E-state index in [0.29, 0.717) is 29.5 Å². The number of carbonyl (C=O) groups excluding carboxylic acids is 1. The van der Waals surface area contributed by atoms with Crippen LogP contribution >= 0.6 is 0 Å². The van der Waals surface area contributed by atoms with Crippen LogP contribution in [-0.2, 0) is 0 Å². The predicted molar refractivity (Wildman–Crippen MR) is 93.8 cm³/mol. The molecule has 3 aromatic rings. The minimum Gasteiger partial charge on any atom is -0.493 e. The molecule has 0 aliphatic rings. The second-order valence-electron chi connectivity index (χ2n) is 6.11. The topological polar surface area (TPSA) is 81.9 Å². The molecular weight excluding hydrogens is 337 g/mol. The van der Waals surface area contributed by atoms with Gasteiger partial charge in [0.2, 0.25) is 0 Å². The van der Waals surface area contributed by atoms with Crippen molar-refractivity contribution in [3.05, 3.63) is 60.2 Å². The molecule has 1 amide bonds. The Morgan fingerprint density at radius 3 is 2.85 bits per heavy atom. The molecule has 0 fully saturated rings. The van der Waals surface area contributed by atoms with Crippen LogP contribution < -0.4 is 10.1 Å². The van der Waals surface area contributed by atoms with Crippen molar-refractivity contribution in [2.24, 2.45) is 5.92 Å². The van der Waals surface area contributed by atoms with E-state index in [0.717, 1.165) is 0 Å². The lowest BCUT2D eigenvalue weighted by Gasteiger charge is -2.11. The number of anilines is 1. The molecule has 1 N–H and O–H groups in total. The number of hydrogen-bond donors (Lipinski definition) is 1. The zero-order valence-corrected chi connectivity index (χ0v) is 14.4. The van der Waals surface area contributed by atoms with E-state index in [9.17, 15) is 9.18 Å². The Labute approximate surface area is 149 Å². The average Bonchev–Trinajstić information content (AvgIpc) is 3.16. The lowest BCUT2D eigenvalue weighted by molar-refractivity contribution is 0.102. The first-order valence-corrected chi connectivity index (χ1v) is 8.10. The summed E-state index contributed by atoms with van der Waals surface area (Å²) in [5, 5.41) is 13.4. The molecule has 0 bridgehead atoms. The van der Waals surface area contributed by atoms with Gasteiger partial charge < -0.3 is 10.1 Å². The maximum atomic E-state index is 14.1. The Morgan fingerprint density at radius 2 is 2.12 bits per heavy atom. The van der Waals surface area contributed by atoms with Gasteiger partial charge in [0.1, 0.15) is 17.9 Å². The molecule has 0 atom stereocenters. The van der Waals surface area contributed by atoms with E-state index in [4.69, 9.17) is 4.74 Å². The van der Waals surface area contributed by atoms with Crippen LogP contribution in [0.4, 0.5) is 10.1 Å². The SMILES string of the molecule is CC(C)COc1cccc(C(=O)Nc2cc(-n3cnnn3)ccc2F)c1. The molecule has 7 nitrogen and oxygen atoms in total. The van der Waals surface area contributed by atoms with Crippen LogP contribution in [-0.4, -0.2) is 32.7 Å². The summed E-state index contributed by atoms with van der Waals surface area (Å²) in [7, 11) is 0. The number of tetrazole rings is 1. The zero-order chi connectivity index (χ0) is 18.5. The Hall–Kier alpha value is -3.29. The molecule has 26 heavy (non-hydrogen) atoms. The Kier molecular flexibility index (Phi) is 5.21. The normalized spacial score (nSPS) is 10.8. The number of ether oxygens (including phenoxy) is 1. The van der Waals surface area contributed by atoms with Gasteiger partial charge in [-0.05, 0) is 52.7 Å². The summed E-state index contributed by atoms with van der Waals surface area (Å²) in [5.74, 6) is -0.0278. The number of benzene rings is 2. The number of hydrogen-bond acceptors (Lipinski definition) is 5. The van der Waals surface area contributed by atoms with Crippen molar-refractivity contribution in [2.75, 3.05) is 11.9 Å². The Balaban J connectivity index is 1.78. The van der Waals surface area contributed by atoms with E-state index in [1.165, 1.54) is 29.2 Å². The van der Waals surface area contributed by atoms with E-state index in [1.54, 1.807) is 24.3 Å². The van der Waals surface area contributed by atoms with E-state index < -0.39 is 11.7 Å². The highest BCUT2D eigenvalue weighted by Crippen LogP contribution is 2.20. The van der Waals surface area contributed by atoms with Crippen LogP contribution in [0.5, 0.6) is 5.75 Å². The predicted octanol–water partition coefficient (Wildman–Crippen LogP) is 3.09. The first-order valence-electron chi connectivity index (χ1n) is 8.10. The molecule has 8 heteroatoms. The molecule has 0 saturated heterocycles. The van der Waals surface area contributed by atoms with Gasteiger partial charge in [-0.1, -0.05) is 19.9 Å². The smallest absolute Gasteiger partial charge is 0.255 e. The van der Waals surface area contributed by atoms with Gasteiger partial charge in [0.25, 0.3) is 5.91 Å². The van der Waals surface area contributed by atoms with E-state index in [1.807, 2.05) is 13.8 Å². The van der Waals surface area contributed by atoms with Crippen LogP contribution in [0.15, 0.2) is 48.8 Å². The molecular formula is C18H18FN5O2. The number of halogens is 1. The lowest BCUT2D eigenvalue weighted by Crippen LogP contribution is -2.14.